The van der Waals surface area contributed by atoms with Crippen LogP contribution in [0.25, 0.3) is 0 Å². The Hall–Kier alpha value is -0.510. The monoisotopic (exact) mass is 264 g/mol. The van der Waals surface area contributed by atoms with Crippen molar-refractivity contribution < 1.29 is 0 Å². The molecule has 0 amide bonds. The van der Waals surface area contributed by atoms with Crippen LogP contribution < -0.4 is 11.3 Å². The molecule has 100 valence electrons. The molecular formula is C15H24N2S. The molecule has 0 aromatic heterocycles. The number of nitrogens with one attached hydrogen (secondary N) is 1. The average molecular weight is 264 g/mol. The molecule has 0 spiro atoms. The van der Waals surface area contributed by atoms with Crippen LogP contribution in [-0.2, 0) is 0 Å². The van der Waals surface area contributed by atoms with Crippen molar-refractivity contribution in [2.45, 2.75) is 50.0 Å². The molecule has 0 radical (unpaired) electrons. The van der Waals surface area contributed by atoms with E-state index in [0.29, 0.717) is 12.0 Å². The molecule has 0 bridgehead atoms. The molecule has 1 aromatic rings. The fourth-order valence-electron chi connectivity index (χ4n) is 2.85. The molecule has 2 nitrogen and oxygen atoms in total. The summed E-state index contributed by atoms with van der Waals surface area (Å²) in [6.07, 6.45) is 3.68. The zero-order valence-electron chi connectivity index (χ0n) is 11.4. The molecule has 2 atom stereocenters. The zero-order chi connectivity index (χ0) is 13.0. The van der Waals surface area contributed by atoms with Gasteiger partial charge in [-0.1, -0.05) is 44.9 Å². The van der Waals surface area contributed by atoms with Crippen LogP contribution in [0.4, 0.5) is 0 Å². The Morgan fingerprint density at radius 2 is 2.06 bits per heavy atom. The Kier molecular flexibility index (Phi) is 5.10. The standard InChI is InChI=1S/C15H24N2S/c1-3-11(4-2)9-14(17-16)13-10-18-15-8-6-5-7-12(13)15/h5-8,11,13-14,17H,3-4,9-10,16H2,1-2H3. The fraction of sp³-hybridized carbons (Fsp3) is 0.600. The van der Waals surface area contributed by atoms with Gasteiger partial charge >= 0.3 is 0 Å². The molecule has 0 aliphatic carbocycles. The number of hydrogen-bond acceptors (Lipinski definition) is 3. The van der Waals surface area contributed by atoms with E-state index < -0.39 is 0 Å². The summed E-state index contributed by atoms with van der Waals surface area (Å²) in [6.45, 7) is 4.55. The summed E-state index contributed by atoms with van der Waals surface area (Å²) in [5.74, 6) is 8.32. The first kappa shape index (κ1) is 13.9. The molecule has 0 fully saturated rings. The molecule has 0 saturated heterocycles. The second-order valence-corrected chi connectivity index (χ2v) is 6.21. The Labute approximate surface area is 115 Å². The molecule has 1 heterocycles. The van der Waals surface area contributed by atoms with E-state index in [1.807, 2.05) is 11.8 Å². The highest BCUT2D eigenvalue weighted by molar-refractivity contribution is 7.99. The number of hydrazine groups is 1. The van der Waals surface area contributed by atoms with Crippen molar-refractivity contribution in [2.24, 2.45) is 11.8 Å². The van der Waals surface area contributed by atoms with Gasteiger partial charge in [-0.3, -0.25) is 11.3 Å². The van der Waals surface area contributed by atoms with Crippen LogP contribution in [0.2, 0.25) is 0 Å². The minimum absolute atomic E-state index is 0.408. The molecule has 3 N–H and O–H groups in total. The lowest BCUT2D eigenvalue weighted by Crippen LogP contribution is -2.41. The lowest BCUT2D eigenvalue weighted by molar-refractivity contribution is 0.341. The minimum Gasteiger partial charge on any atom is -0.271 e. The van der Waals surface area contributed by atoms with Crippen molar-refractivity contribution >= 4 is 11.8 Å². The molecule has 2 unspecified atom stereocenters. The molecule has 2 rings (SSSR count). The molecule has 3 heteroatoms. The third-order valence-corrected chi connectivity index (χ3v) is 5.39. The number of hydrogen-bond donors (Lipinski definition) is 2. The number of nitrogens with two attached hydrogens (primary N) is 1. The van der Waals surface area contributed by atoms with Crippen molar-refractivity contribution in [3.8, 4) is 0 Å². The van der Waals surface area contributed by atoms with E-state index >= 15 is 0 Å². The van der Waals surface area contributed by atoms with Crippen molar-refractivity contribution in [1.82, 2.24) is 5.43 Å². The van der Waals surface area contributed by atoms with Crippen LogP contribution in [0.15, 0.2) is 29.2 Å². The van der Waals surface area contributed by atoms with Crippen molar-refractivity contribution in [2.75, 3.05) is 5.75 Å². The minimum atomic E-state index is 0.408. The van der Waals surface area contributed by atoms with Gasteiger partial charge in [-0.15, -0.1) is 11.8 Å². The van der Waals surface area contributed by atoms with Gasteiger partial charge in [-0.2, -0.15) is 0 Å². The predicted octanol–water partition coefficient (Wildman–Crippen LogP) is 3.53. The van der Waals surface area contributed by atoms with Crippen LogP contribution in [0.5, 0.6) is 0 Å². The van der Waals surface area contributed by atoms with Crippen molar-refractivity contribution in [3.63, 3.8) is 0 Å². The zero-order valence-corrected chi connectivity index (χ0v) is 12.2. The number of benzene rings is 1. The summed E-state index contributed by atoms with van der Waals surface area (Å²) in [6, 6.07) is 9.16. The van der Waals surface area contributed by atoms with Gasteiger partial charge in [0.1, 0.15) is 0 Å². The summed E-state index contributed by atoms with van der Waals surface area (Å²) in [5.41, 5.74) is 4.55. The Balaban J connectivity index is 2.10. The van der Waals surface area contributed by atoms with E-state index in [4.69, 9.17) is 5.84 Å². The maximum atomic E-state index is 5.81. The largest absolute Gasteiger partial charge is 0.271 e. The summed E-state index contributed by atoms with van der Waals surface area (Å²) in [4.78, 5) is 1.44. The third kappa shape index (κ3) is 2.90. The molecule has 1 aromatic carbocycles. The summed E-state index contributed by atoms with van der Waals surface area (Å²) >= 11 is 1.97. The third-order valence-electron chi connectivity index (χ3n) is 4.18. The topological polar surface area (TPSA) is 38.0 Å². The van der Waals surface area contributed by atoms with Gasteiger partial charge in [-0.25, -0.2) is 0 Å². The molecule has 1 aliphatic heterocycles. The summed E-state index contributed by atoms with van der Waals surface area (Å²) in [7, 11) is 0. The van der Waals surface area contributed by atoms with E-state index in [0.717, 1.165) is 11.7 Å². The van der Waals surface area contributed by atoms with Crippen molar-refractivity contribution in [3.05, 3.63) is 29.8 Å². The van der Waals surface area contributed by atoms with Crippen LogP contribution in [0.3, 0.4) is 0 Å². The van der Waals surface area contributed by atoms with Gasteiger partial charge in [-0.05, 0) is 24.0 Å². The van der Waals surface area contributed by atoms with Crippen molar-refractivity contribution in [1.29, 1.82) is 0 Å². The molecule has 18 heavy (non-hydrogen) atoms. The van der Waals surface area contributed by atoms with E-state index in [1.165, 1.54) is 29.7 Å². The molecule has 1 aliphatic rings. The van der Waals surface area contributed by atoms with Crippen LogP contribution in [0.1, 0.15) is 44.6 Å². The lowest BCUT2D eigenvalue weighted by atomic mass is 9.85. The van der Waals surface area contributed by atoms with E-state index in [2.05, 4.69) is 43.5 Å². The maximum absolute atomic E-state index is 5.81. The summed E-state index contributed by atoms with van der Waals surface area (Å²) in [5, 5.41) is 0. The van der Waals surface area contributed by atoms with Gasteiger partial charge in [0.05, 0.1) is 0 Å². The molecular weight excluding hydrogens is 240 g/mol. The highest BCUT2D eigenvalue weighted by Gasteiger charge is 2.30. The maximum Gasteiger partial charge on any atom is 0.0290 e. The normalized spacial score (nSPS) is 20.1. The Morgan fingerprint density at radius 1 is 1.33 bits per heavy atom. The Morgan fingerprint density at radius 3 is 2.72 bits per heavy atom. The predicted molar refractivity (Wildman–Crippen MR) is 79.7 cm³/mol. The number of fused-ring (bicyclic) bond motifs is 1. The average Bonchev–Trinajstić information content (AvgIpc) is 2.84. The number of rotatable bonds is 6. The smallest absolute Gasteiger partial charge is 0.0290 e. The van der Waals surface area contributed by atoms with Gasteiger partial charge < -0.3 is 0 Å². The van der Waals surface area contributed by atoms with Gasteiger partial charge in [0.2, 0.25) is 0 Å². The lowest BCUT2D eigenvalue weighted by Gasteiger charge is -2.26. The molecule has 0 saturated carbocycles. The second kappa shape index (κ2) is 6.60. The van der Waals surface area contributed by atoms with Gasteiger partial charge in [0.15, 0.2) is 0 Å². The first-order valence-corrected chi connectivity index (χ1v) is 7.96. The highest BCUT2D eigenvalue weighted by atomic mass is 32.2. The highest BCUT2D eigenvalue weighted by Crippen LogP contribution is 2.42. The fourth-order valence-corrected chi connectivity index (χ4v) is 4.18. The Bertz CT molecular complexity index is 377. The van der Waals surface area contributed by atoms with Crippen LogP contribution in [0, 0.1) is 5.92 Å². The van der Waals surface area contributed by atoms with E-state index in [-0.39, 0.29) is 0 Å². The van der Waals surface area contributed by atoms with E-state index in [1.54, 1.807) is 0 Å². The summed E-state index contributed by atoms with van der Waals surface area (Å²) < 4.78 is 0. The van der Waals surface area contributed by atoms with Gasteiger partial charge in [0, 0.05) is 22.6 Å². The van der Waals surface area contributed by atoms with E-state index in [9.17, 15) is 0 Å². The van der Waals surface area contributed by atoms with Gasteiger partial charge in [0.25, 0.3) is 0 Å². The first-order valence-electron chi connectivity index (χ1n) is 6.97. The number of thioether (sulfide) groups is 1. The first-order chi connectivity index (χ1) is 8.80. The van der Waals surface area contributed by atoms with Crippen LogP contribution >= 0.6 is 11.8 Å². The quantitative estimate of drug-likeness (QED) is 0.610. The SMILES string of the molecule is CCC(CC)CC(NN)C1CSc2ccccc21. The van der Waals surface area contributed by atoms with Crippen LogP contribution in [-0.4, -0.2) is 11.8 Å². The second-order valence-electron chi connectivity index (χ2n) is 5.15.